The number of carboxylic acid groups (broad SMARTS) is 1. The molecule has 0 amide bonds. The number of rotatable bonds is 2. The highest BCUT2D eigenvalue weighted by atomic mass is 32.1. The van der Waals surface area contributed by atoms with E-state index >= 15 is 0 Å². The second-order valence-electron chi connectivity index (χ2n) is 3.85. The third-order valence-electron chi connectivity index (χ3n) is 2.66. The van der Waals surface area contributed by atoms with Gasteiger partial charge in [0.25, 0.3) is 0 Å². The Labute approximate surface area is 107 Å². The minimum Gasteiger partial charge on any atom is -0.475 e. The van der Waals surface area contributed by atoms with Crippen LogP contribution in [0.4, 0.5) is 0 Å². The molecule has 0 aliphatic heterocycles. The Morgan fingerprint density at radius 1 is 1.39 bits per heavy atom. The van der Waals surface area contributed by atoms with Gasteiger partial charge in [-0.25, -0.2) is 9.78 Å². The van der Waals surface area contributed by atoms with Crippen LogP contribution in [0.15, 0.2) is 34.9 Å². The fourth-order valence-electron chi connectivity index (χ4n) is 1.92. The lowest BCUT2D eigenvalue weighted by molar-refractivity contribution is 0.0666. The molecule has 0 radical (unpaired) electrons. The number of aromatic carboxylic acids is 1. The Morgan fingerprint density at radius 3 is 2.83 bits per heavy atom. The van der Waals surface area contributed by atoms with Gasteiger partial charge in [0, 0.05) is 11.6 Å². The van der Waals surface area contributed by atoms with E-state index in [9.17, 15) is 9.90 Å². The lowest BCUT2D eigenvalue weighted by Crippen LogP contribution is -1.95. The van der Waals surface area contributed by atoms with Gasteiger partial charge in [-0.05, 0) is 13.0 Å². The maximum Gasteiger partial charge on any atom is 0.372 e. The number of thiazole rings is 1. The van der Waals surface area contributed by atoms with E-state index in [4.69, 9.17) is 4.42 Å². The van der Waals surface area contributed by atoms with Crippen LogP contribution in [-0.4, -0.2) is 16.1 Å². The second-order valence-corrected chi connectivity index (χ2v) is 5.09. The Hall–Kier alpha value is -2.14. The Kier molecular flexibility index (Phi) is 2.41. The Bertz CT molecular complexity index is 742. The van der Waals surface area contributed by atoms with Crippen molar-refractivity contribution in [1.82, 2.24) is 4.98 Å². The highest BCUT2D eigenvalue weighted by Gasteiger charge is 2.22. The van der Waals surface area contributed by atoms with Crippen LogP contribution in [0.25, 0.3) is 21.4 Å². The minimum atomic E-state index is -1.06. The number of nitrogens with zero attached hydrogens (tertiary/aromatic N) is 1. The fourth-order valence-corrected chi connectivity index (χ4v) is 2.75. The first-order valence-electron chi connectivity index (χ1n) is 5.34. The van der Waals surface area contributed by atoms with Crippen molar-refractivity contribution in [2.24, 2.45) is 0 Å². The zero-order valence-electron chi connectivity index (χ0n) is 9.51. The van der Waals surface area contributed by atoms with Crippen molar-refractivity contribution in [1.29, 1.82) is 0 Å². The smallest absolute Gasteiger partial charge is 0.372 e. The topological polar surface area (TPSA) is 63.3 Å². The van der Waals surface area contributed by atoms with E-state index in [-0.39, 0.29) is 5.76 Å². The maximum atomic E-state index is 11.3. The first-order valence-corrected chi connectivity index (χ1v) is 6.16. The lowest BCUT2D eigenvalue weighted by Gasteiger charge is -1.94. The summed E-state index contributed by atoms with van der Waals surface area (Å²) in [5, 5.41) is 10.9. The standard InChI is InChI=1S/C13H9NO3S/c1-7-14-6-10(18-7)11-8-4-2-3-5-9(8)17-12(11)13(15)16/h2-6H,1H3,(H,15,16). The van der Waals surface area contributed by atoms with E-state index in [1.807, 2.05) is 25.1 Å². The second kappa shape index (κ2) is 3.96. The van der Waals surface area contributed by atoms with Crippen LogP contribution in [0, 0.1) is 6.92 Å². The van der Waals surface area contributed by atoms with Crippen molar-refractivity contribution in [3.05, 3.63) is 41.2 Å². The van der Waals surface area contributed by atoms with Crippen LogP contribution in [-0.2, 0) is 0 Å². The van der Waals surface area contributed by atoms with Crippen molar-refractivity contribution < 1.29 is 14.3 Å². The number of furan rings is 1. The van der Waals surface area contributed by atoms with Gasteiger partial charge in [-0.1, -0.05) is 18.2 Å². The molecule has 3 aromatic rings. The average Bonchev–Trinajstić information content (AvgIpc) is 2.92. The SMILES string of the molecule is Cc1ncc(-c2c(C(=O)O)oc3ccccc23)s1. The molecule has 18 heavy (non-hydrogen) atoms. The number of aromatic nitrogens is 1. The summed E-state index contributed by atoms with van der Waals surface area (Å²) in [5.41, 5.74) is 1.19. The van der Waals surface area contributed by atoms with E-state index < -0.39 is 5.97 Å². The van der Waals surface area contributed by atoms with Crippen molar-refractivity contribution in [3.8, 4) is 10.4 Å². The molecule has 90 valence electrons. The van der Waals surface area contributed by atoms with Gasteiger partial charge >= 0.3 is 5.97 Å². The molecule has 0 fully saturated rings. The van der Waals surface area contributed by atoms with E-state index in [2.05, 4.69) is 4.98 Å². The molecule has 0 saturated carbocycles. The highest BCUT2D eigenvalue weighted by Crippen LogP contribution is 2.37. The molecule has 0 bridgehead atoms. The lowest BCUT2D eigenvalue weighted by atomic mass is 10.1. The van der Waals surface area contributed by atoms with Crippen molar-refractivity contribution in [3.63, 3.8) is 0 Å². The summed E-state index contributed by atoms with van der Waals surface area (Å²) in [5.74, 6) is -1.09. The summed E-state index contributed by atoms with van der Waals surface area (Å²) in [6.07, 6.45) is 1.68. The molecule has 0 aliphatic rings. The largest absolute Gasteiger partial charge is 0.475 e. The van der Waals surface area contributed by atoms with Gasteiger partial charge in [0.1, 0.15) is 5.58 Å². The average molecular weight is 259 g/mol. The maximum absolute atomic E-state index is 11.3. The molecule has 1 N–H and O–H groups in total. The van der Waals surface area contributed by atoms with Crippen LogP contribution in [0.1, 0.15) is 15.6 Å². The molecule has 0 unspecified atom stereocenters. The van der Waals surface area contributed by atoms with Gasteiger partial charge in [0.05, 0.1) is 15.4 Å². The zero-order valence-corrected chi connectivity index (χ0v) is 10.3. The number of carbonyl (C=O) groups is 1. The molecule has 4 nitrogen and oxygen atoms in total. The summed E-state index contributed by atoms with van der Waals surface area (Å²) in [6.45, 7) is 1.89. The highest BCUT2D eigenvalue weighted by molar-refractivity contribution is 7.15. The molecule has 2 aromatic heterocycles. The summed E-state index contributed by atoms with van der Waals surface area (Å²) >= 11 is 1.46. The number of carboxylic acids is 1. The normalized spacial score (nSPS) is 10.9. The predicted molar refractivity (Wildman–Crippen MR) is 69.0 cm³/mol. The van der Waals surface area contributed by atoms with Crippen molar-refractivity contribution >= 4 is 28.3 Å². The van der Waals surface area contributed by atoms with Gasteiger partial charge < -0.3 is 9.52 Å². The van der Waals surface area contributed by atoms with E-state index in [0.29, 0.717) is 11.1 Å². The van der Waals surface area contributed by atoms with Crippen LogP contribution in [0.2, 0.25) is 0 Å². The molecule has 0 aliphatic carbocycles. The number of aryl methyl sites for hydroxylation is 1. The number of para-hydroxylation sites is 1. The third kappa shape index (κ3) is 1.60. The number of hydrogen-bond donors (Lipinski definition) is 1. The van der Waals surface area contributed by atoms with Crippen molar-refractivity contribution in [2.45, 2.75) is 6.92 Å². The molecule has 1 aromatic carbocycles. The third-order valence-corrected chi connectivity index (χ3v) is 3.59. The summed E-state index contributed by atoms with van der Waals surface area (Å²) in [7, 11) is 0. The Balaban J connectivity index is 2.37. The van der Waals surface area contributed by atoms with E-state index in [0.717, 1.165) is 15.3 Å². The molecule has 0 atom stereocenters. The van der Waals surface area contributed by atoms with Crippen molar-refractivity contribution in [2.75, 3.05) is 0 Å². The molecule has 0 spiro atoms. The van der Waals surface area contributed by atoms with Crippen LogP contribution >= 0.6 is 11.3 Å². The number of fused-ring (bicyclic) bond motifs is 1. The predicted octanol–water partition coefficient (Wildman–Crippen LogP) is 3.56. The monoisotopic (exact) mass is 259 g/mol. The molecule has 0 saturated heterocycles. The summed E-state index contributed by atoms with van der Waals surface area (Å²) in [6, 6.07) is 7.30. The number of hydrogen-bond acceptors (Lipinski definition) is 4. The summed E-state index contributed by atoms with van der Waals surface area (Å²) in [4.78, 5) is 16.2. The first-order chi connectivity index (χ1) is 8.66. The minimum absolute atomic E-state index is 0.0279. The van der Waals surface area contributed by atoms with Gasteiger partial charge in [0.15, 0.2) is 0 Å². The Morgan fingerprint density at radius 2 is 2.17 bits per heavy atom. The number of benzene rings is 1. The molecular formula is C13H9NO3S. The zero-order chi connectivity index (χ0) is 12.7. The molecule has 2 heterocycles. The molecule has 3 rings (SSSR count). The van der Waals surface area contributed by atoms with Gasteiger partial charge in [-0.15, -0.1) is 11.3 Å². The first kappa shape index (κ1) is 11.0. The quantitative estimate of drug-likeness (QED) is 0.764. The van der Waals surface area contributed by atoms with Crippen LogP contribution in [0.5, 0.6) is 0 Å². The fraction of sp³-hybridized carbons (Fsp3) is 0.0769. The van der Waals surface area contributed by atoms with Gasteiger partial charge in [-0.2, -0.15) is 0 Å². The van der Waals surface area contributed by atoms with Crippen LogP contribution in [0.3, 0.4) is 0 Å². The molecule has 5 heteroatoms. The molecular weight excluding hydrogens is 250 g/mol. The van der Waals surface area contributed by atoms with Gasteiger partial charge in [-0.3, -0.25) is 0 Å². The van der Waals surface area contributed by atoms with Gasteiger partial charge in [0.2, 0.25) is 5.76 Å². The van der Waals surface area contributed by atoms with E-state index in [1.54, 1.807) is 12.3 Å². The summed E-state index contributed by atoms with van der Waals surface area (Å²) < 4.78 is 5.40. The van der Waals surface area contributed by atoms with Crippen LogP contribution < -0.4 is 0 Å². The van der Waals surface area contributed by atoms with E-state index in [1.165, 1.54) is 11.3 Å².